The molecule has 0 aromatic heterocycles. The van der Waals surface area contributed by atoms with Crippen LogP contribution in [0.25, 0.3) is 0 Å². The monoisotopic (exact) mass is 454 g/mol. The van der Waals surface area contributed by atoms with Crippen molar-refractivity contribution in [3.05, 3.63) is 71.3 Å². The molecular weight excluding hydrogens is 423 g/mol. The van der Waals surface area contributed by atoms with Crippen LogP contribution < -0.4 is 27.8 Å². The van der Waals surface area contributed by atoms with Crippen LogP contribution in [0.15, 0.2) is 59.6 Å². The Morgan fingerprint density at radius 1 is 0.970 bits per heavy atom. The quantitative estimate of drug-likeness (QED) is 0.0930. The Morgan fingerprint density at radius 2 is 1.61 bits per heavy atom. The Balaban J connectivity index is 2.14. The number of rotatable bonds is 12. The Bertz CT molecular complexity index is 920. The molecule has 11 heteroatoms. The number of aliphatic imine (C=N–C) groups is 1. The van der Waals surface area contributed by atoms with Crippen molar-refractivity contribution in [2.24, 2.45) is 22.2 Å². The molecule has 0 radical (unpaired) electrons. The highest BCUT2D eigenvalue weighted by Gasteiger charge is 2.29. The van der Waals surface area contributed by atoms with Crippen LogP contribution in [0, 0.1) is 0 Å². The zero-order chi connectivity index (χ0) is 24.2. The number of carbonyl (C=O) groups excluding carboxylic acids is 2. The Hall–Kier alpha value is -3.41. The molecule has 0 saturated heterocycles. The maximum absolute atomic E-state index is 13.1. The highest BCUT2D eigenvalue weighted by molar-refractivity contribution is 6.43. The Labute approximate surface area is 193 Å². The molecule has 2 atom stereocenters. The molecule has 176 valence electrons. The number of nitrogens with zero attached hydrogens (tertiary/aromatic N) is 1. The fourth-order valence-electron chi connectivity index (χ4n) is 3.19. The SMILES string of the molecule is NCc1ccc(CC(NC(=O)c2ccccc2)C(=O)NC(CCCN=C(N)N)B(O)O)cc1. The van der Waals surface area contributed by atoms with Gasteiger partial charge in [-0.3, -0.25) is 14.6 Å². The number of amides is 2. The predicted octanol–water partition coefficient (Wildman–Crippen LogP) is -0.963. The molecule has 2 amide bonds. The van der Waals surface area contributed by atoms with E-state index in [4.69, 9.17) is 17.2 Å². The van der Waals surface area contributed by atoms with E-state index < -0.39 is 30.9 Å². The average Bonchev–Trinajstić information content (AvgIpc) is 2.81. The maximum Gasteiger partial charge on any atom is 0.475 e. The van der Waals surface area contributed by atoms with Gasteiger partial charge in [0.1, 0.15) is 6.04 Å². The second-order valence-electron chi connectivity index (χ2n) is 7.59. The van der Waals surface area contributed by atoms with E-state index in [2.05, 4.69) is 15.6 Å². The van der Waals surface area contributed by atoms with Crippen LogP contribution >= 0.6 is 0 Å². The van der Waals surface area contributed by atoms with Crippen molar-refractivity contribution in [3.8, 4) is 0 Å². The van der Waals surface area contributed by atoms with E-state index in [0.29, 0.717) is 18.5 Å². The molecule has 33 heavy (non-hydrogen) atoms. The summed E-state index contributed by atoms with van der Waals surface area (Å²) in [5, 5.41) is 24.8. The van der Waals surface area contributed by atoms with Gasteiger partial charge >= 0.3 is 7.12 Å². The third-order valence-electron chi connectivity index (χ3n) is 5.01. The summed E-state index contributed by atoms with van der Waals surface area (Å²) in [6.07, 6.45) is 0.851. The second kappa shape index (κ2) is 13.2. The lowest BCUT2D eigenvalue weighted by Gasteiger charge is -2.23. The van der Waals surface area contributed by atoms with E-state index >= 15 is 0 Å². The van der Waals surface area contributed by atoms with E-state index in [-0.39, 0.29) is 25.3 Å². The molecule has 2 rings (SSSR count). The topological polar surface area (TPSA) is 189 Å². The Morgan fingerprint density at radius 3 is 2.18 bits per heavy atom. The normalized spacial score (nSPS) is 12.3. The van der Waals surface area contributed by atoms with Gasteiger partial charge in [-0.2, -0.15) is 0 Å². The highest BCUT2D eigenvalue weighted by Crippen LogP contribution is 2.09. The summed E-state index contributed by atoms with van der Waals surface area (Å²) >= 11 is 0. The van der Waals surface area contributed by atoms with Crippen LogP contribution in [0.3, 0.4) is 0 Å². The average molecular weight is 454 g/mol. The molecule has 0 bridgehead atoms. The van der Waals surface area contributed by atoms with Crippen molar-refractivity contribution >= 4 is 24.9 Å². The van der Waals surface area contributed by atoms with Crippen LogP contribution in [0.2, 0.25) is 0 Å². The molecule has 0 aliphatic carbocycles. The minimum Gasteiger partial charge on any atom is -0.426 e. The van der Waals surface area contributed by atoms with Crippen molar-refractivity contribution in [2.45, 2.75) is 37.8 Å². The lowest BCUT2D eigenvalue weighted by atomic mass is 9.76. The van der Waals surface area contributed by atoms with Gasteiger partial charge < -0.3 is 37.9 Å². The maximum atomic E-state index is 13.1. The molecule has 2 aromatic rings. The molecule has 10 N–H and O–H groups in total. The summed E-state index contributed by atoms with van der Waals surface area (Å²) < 4.78 is 0. The fraction of sp³-hybridized carbons (Fsp3) is 0.318. The summed E-state index contributed by atoms with van der Waals surface area (Å²) in [4.78, 5) is 29.6. The van der Waals surface area contributed by atoms with Gasteiger partial charge in [0, 0.05) is 25.1 Å². The number of benzene rings is 2. The minimum absolute atomic E-state index is 0.0653. The number of nitrogens with two attached hydrogens (primary N) is 3. The number of hydrogen-bond acceptors (Lipinski definition) is 6. The van der Waals surface area contributed by atoms with Crippen LogP contribution in [0.5, 0.6) is 0 Å². The zero-order valence-corrected chi connectivity index (χ0v) is 18.4. The van der Waals surface area contributed by atoms with Crippen LogP contribution in [-0.4, -0.2) is 53.5 Å². The zero-order valence-electron chi connectivity index (χ0n) is 18.4. The first-order valence-corrected chi connectivity index (χ1v) is 10.7. The summed E-state index contributed by atoms with van der Waals surface area (Å²) in [5.41, 5.74) is 18.4. The van der Waals surface area contributed by atoms with Crippen molar-refractivity contribution in [1.29, 1.82) is 0 Å². The molecule has 0 aliphatic heterocycles. The third-order valence-corrected chi connectivity index (χ3v) is 5.01. The summed E-state index contributed by atoms with van der Waals surface area (Å²) in [7, 11) is -1.79. The Kier molecular flexibility index (Phi) is 10.4. The molecule has 0 fully saturated rings. The van der Waals surface area contributed by atoms with Gasteiger partial charge in [-0.05, 0) is 36.1 Å². The van der Waals surface area contributed by atoms with Crippen molar-refractivity contribution in [1.82, 2.24) is 10.6 Å². The first-order valence-electron chi connectivity index (χ1n) is 10.7. The summed E-state index contributed by atoms with van der Waals surface area (Å²) in [5.74, 6) is -1.97. The number of hydrogen-bond donors (Lipinski definition) is 7. The van der Waals surface area contributed by atoms with Gasteiger partial charge in [0.25, 0.3) is 5.91 Å². The van der Waals surface area contributed by atoms with Crippen molar-refractivity contribution in [2.75, 3.05) is 6.54 Å². The number of carbonyl (C=O) groups is 2. The largest absolute Gasteiger partial charge is 0.475 e. The van der Waals surface area contributed by atoms with Gasteiger partial charge in [-0.1, -0.05) is 42.5 Å². The summed E-state index contributed by atoms with van der Waals surface area (Å²) in [6.45, 7) is 0.675. The molecule has 2 aromatic carbocycles. The van der Waals surface area contributed by atoms with Crippen molar-refractivity contribution < 1.29 is 19.6 Å². The van der Waals surface area contributed by atoms with E-state index in [1.165, 1.54) is 0 Å². The van der Waals surface area contributed by atoms with Crippen LogP contribution in [0.1, 0.15) is 34.3 Å². The molecule has 10 nitrogen and oxygen atoms in total. The number of nitrogens with one attached hydrogen (secondary N) is 2. The van der Waals surface area contributed by atoms with Gasteiger partial charge in [0.2, 0.25) is 5.91 Å². The summed E-state index contributed by atoms with van der Waals surface area (Å²) in [6, 6.07) is 15.0. The van der Waals surface area contributed by atoms with Gasteiger partial charge in [0.15, 0.2) is 5.96 Å². The van der Waals surface area contributed by atoms with E-state index in [1.54, 1.807) is 30.3 Å². The minimum atomic E-state index is -1.79. The first kappa shape index (κ1) is 25.9. The highest BCUT2D eigenvalue weighted by atomic mass is 16.4. The molecule has 0 heterocycles. The van der Waals surface area contributed by atoms with Gasteiger partial charge in [0.05, 0.1) is 5.94 Å². The van der Waals surface area contributed by atoms with E-state index in [1.807, 2.05) is 24.3 Å². The smallest absolute Gasteiger partial charge is 0.426 e. The predicted molar refractivity (Wildman–Crippen MR) is 128 cm³/mol. The van der Waals surface area contributed by atoms with E-state index in [9.17, 15) is 19.6 Å². The van der Waals surface area contributed by atoms with Crippen LogP contribution in [-0.2, 0) is 17.8 Å². The lowest BCUT2D eigenvalue weighted by molar-refractivity contribution is -0.123. The van der Waals surface area contributed by atoms with Crippen molar-refractivity contribution in [3.63, 3.8) is 0 Å². The molecule has 0 spiro atoms. The number of guanidine groups is 1. The third kappa shape index (κ3) is 8.93. The van der Waals surface area contributed by atoms with E-state index in [0.717, 1.165) is 11.1 Å². The molecular formula is C22H31BN6O4. The second-order valence-corrected chi connectivity index (χ2v) is 7.59. The standard InChI is InChI=1S/C22H31BN6O4/c24-14-16-10-8-15(9-11-16)13-18(28-20(30)17-5-2-1-3-6-17)21(31)29-19(23(32)33)7-4-12-27-22(25)26/h1-3,5-6,8-11,18-19,32-33H,4,7,12-14,24H2,(H,28,30)(H,29,31)(H4,25,26,27). The molecule has 2 unspecified atom stereocenters. The van der Waals surface area contributed by atoms with Gasteiger partial charge in [-0.25, -0.2) is 0 Å². The van der Waals surface area contributed by atoms with Crippen LogP contribution in [0.4, 0.5) is 0 Å². The fourth-order valence-corrected chi connectivity index (χ4v) is 3.19. The van der Waals surface area contributed by atoms with Gasteiger partial charge in [-0.15, -0.1) is 0 Å². The molecule has 0 aliphatic rings. The lowest BCUT2D eigenvalue weighted by Crippen LogP contribution is -2.54. The first-order chi connectivity index (χ1) is 15.8. The molecule has 0 saturated carbocycles.